The second-order valence-corrected chi connectivity index (χ2v) is 5.22. The van der Waals surface area contributed by atoms with E-state index < -0.39 is 0 Å². The fourth-order valence-corrected chi connectivity index (χ4v) is 2.14. The zero-order valence-corrected chi connectivity index (χ0v) is 10.1. The van der Waals surface area contributed by atoms with Crippen molar-refractivity contribution in [1.82, 2.24) is 0 Å². The third-order valence-corrected chi connectivity index (χ3v) is 3.42. The van der Waals surface area contributed by atoms with Crippen LogP contribution in [0.2, 0.25) is 0 Å². The average Bonchev–Trinajstić information content (AvgIpc) is 3.16. The number of ether oxygens (including phenoxy) is 2. The molecule has 1 N–H and O–H groups in total. The molecule has 1 fully saturated rings. The van der Waals surface area contributed by atoms with Gasteiger partial charge in [0.15, 0.2) is 11.5 Å². The molecule has 2 aliphatic rings. The molecule has 0 spiro atoms. The first-order valence-corrected chi connectivity index (χ1v) is 6.31. The highest BCUT2D eigenvalue weighted by molar-refractivity contribution is 5.44. The molecule has 3 nitrogen and oxygen atoms in total. The normalized spacial score (nSPS) is 25.2. The van der Waals surface area contributed by atoms with E-state index in [1.54, 1.807) is 0 Å². The van der Waals surface area contributed by atoms with Crippen LogP contribution in [0.25, 0.3) is 0 Å². The molecule has 0 bridgehead atoms. The summed E-state index contributed by atoms with van der Waals surface area (Å²) in [6.45, 7) is 3.47. The predicted octanol–water partition coefficient (Wildman–Crippen LogP) is 2.54. The topological polar surface area (TPSA) is 38.7 Å². The van der Waals surface area contributed by atoms with Crippen molar-refractivity contribution in [2.75, 3.05) is 13.2 Å². The lowest BCUT2D eigenvalue weighted by Crippen LogP contribution is -2.12. The van der Waals surface area contributed by atoms with E-state index in [-0.39, 0.29) is 6.10 Å². The summed E-state index contributed by atoms with van der Waals surface area (Å²) in [6, 6.07) is 5.78. The Morgan fingerprint density at radius 3 is 2.59 bits per heavy atom. The Morgan fingerprint density at radius 1 is 1.18 bits per heavy atom. The molecule has 1 aliphatic carbocycles. The number of aliphatic hydroxyl groups excluding tert-OH is 1. The second-order valence-electron chi connectivity index (χ2n) is 5.22. The number of benzene rings is 1. The van der Waals surface area contributed by atoms with E-state index in [0.29, 0.717) is 25.0 Å². The van der Waals surface area contributed by atoms with Gasteiger partial charge in [0.1, 0.15) is 0 Å². The van der Waals surface area contributed by atoms with Crippen molar-refractivity contribution in [2.45, 2.75) is 25.9 Å². The molecular formula is C14H18O3. The Balaban J connectivity index is 1.85. The van der Waals surface area contributed by atoms with Gasteiger partial charge in [0.25, 0.3) is 0 Å². The maximum absolute atomic E-state index is 10.1. The van der Waals surface area contributed by atoms with E-state index in [1.165, 1.54) is 0 Å². The van der Waals surface area contributed by atoms with Crippen molar-refractivity contribution in [3.8, 4) is 11.5 Å². The predicted molar refractivity (Wildman–Crippen MR) is 64.3 cm³/mol. The van der Waals surface area contributed by atoms with Gasteiger partial charge in [-0.25, -0.2) is 0 Å². The Labute approximate surface area is 101 Å². The van der Waals surface area contributed by atoms with E-state index in [9.17, 15) is 5.11 Å². The summed E-state index contributed by atoms with van der Waals surface area (Å²) in [4.78, 5) is 0. The molecule has 1 saturated carbocycles. The van der Waals surface area contributed by atoms with Crippen molar-refractivity contribution in [3.05, 3.63) is 23.8 Å². The summed E-state index contributed by atoms with van der Waals surface area (Å²) in [5.74, 6) is 2.41. The highest BCUT2D eigenvalue weighted by atomic mass is 16.5. The molecule has 0 saturated heterocycles. The molecule has 0 aromatic heterocycles. The van der Waals surface area contributed by atoms with Crippen LogP contribution in [-0.2, 0) is 0 Å². The van der Waals surface area contributed by atoms with Gasteiger partial charge in [-0.05, 0) is 36.5 Å². The van der Waals surface area contributed by atoms with Crippen molar-refractivity contribution in [3.63, 3.8) is 0 Å². The van der Waals surface area contributed by atoms with Gasteiger partial charge in [-0.2, -0.15) is 0 Å². The first-order chi connectivity index (χ1) is 8.24. The van der Waals surface area contributed by atoms with Crippen LogP contribution in [0, 0.1) is 11.8 Å². The minimum absolute atomic E-state index is 0.343. The molecule has 1 aliphatic heterocycles. The Hall–Kier alpha value is -1.22. The summed E-state index contributed by atoms with van der Waals surface area (Å²) >= 11 is 0. The summed E-state index contributed by atoms with van der Waals surface area (Å²) in [7, 11) is 0. The third-order valence-electron chi connectivity index (χ3n) is 3.42. The Kier molecular flexibility index (Phi) is 2.71. The lowest BCUT2D eigenvalue weighted by molar-refractivity contribution is 0.153. The van der Waals surface area contributed by atoms with E-state index in [1.807, 2.05) is 18.2 Å². The standard InChI is InChI=1S/C14H18O3/c1-9-7-16-12-5-4-11(6-13(12)17-8-9)14(15)10-2-3-10/h4-6,9-10,14-15H,2-3,7-8H2,1H3. The van der Waals surface area contributed by atoms with Crippen LogP contribution in [0.3, 0.4) is 0 Å². The number of hydrogen-bond donors (Lipinski definition) is 1. The van der Waals surface area contributed by atoms with Crippen molar-refractivity contribution in [2.24, 2.45) is 11.8 Å². The molecule has 3 rings (SSSR count). The average molecular weight is 234 g/mol. The van der Waals surface area contributed by atoms with Crippen LogP contribution in [0.1, 0.15) is 31.4 Å². The van der Waals surface area contributed by atoms with Gasteiger partial charge in [0.05, 0.1) is 19.3 Å². The molecule has 1 aromatic carbocycles. The fourth-order valence-electron chi connectivity index (χ4n) is 2.14. The van der Waals surface area contributed by atoms with Crippen LogP contribution >= 0.6 is 0 Å². The first-order valence-electron chi connectivity index (χ1n) is 6.31. The summed E-state index contributed by atoms with van der Waals surface area (Å²) < 4.78 is 11.4. The highest BCUT2D eigenvalue weighted by Crippen LogP contribution is 2.43. The summed E-state index contributed by atoms with van der Waals surface area (Å²) in [5.41, 5.74) is 0.949. The summed E-state index contributed by atoms with van der Waals surface area (Å²) in [6.07, 6.45) is 1.92. The van der Waals surface area contributed by atoms with Gasteiger partial charge < -0.3 is 14.6 Å². The van der Waals surface area contributed by atoms with Crippen LogP contribution in [0.4, 0.5) is 0 Å². The largest absolute Gasteiger partial charge is 0.489 e. The van der Waals surface area contributed by atoms with E-state index in [2.05, 4.69) is 6.92 Å². The van der Waals surface area contributed by atoms with E-state index >= 15 is 0 Å². The fraction of sp³-hybridized carbons (Fsp3) is 0.571. The molecule has 0 amide bonds. The molecule has 0 radical (unpaired) electrons. The van der Waals surface area contributed by atoms with Gasteiger partial charge in [0.2, 0.25) is 0 Å². The second kappa shape index (κ2) is 4.22. The number of aliphatic hydroxyl groups is 1. The maximum atomic E-state index is 10.1. The Bertz CT molecular complexity index is 412. The highest BCUT2D eigenvalue weighted by Gasteiger charge is 2.31. The van der Waals surface area contributed by atoms with Gasteiger partial charge in [-0.15, -0.1) is 0 Å². The molecule has 1 heterocycles. The lowest BCUT2D eigenvalue weighted by Gasteiger charge is -2.13. The number of rotatable bonds is 2. The van der Waals surface area contributed by atoms with Crippen molar-refractivity contribution in [1.29, 1.82) is 0 Å². The molecule has 2 unspecified atom stereocenters. The van der Waals surface area contributed by atoms with Crippen LogP contribution in [0.5, 0.6) is 11.5 Å². The van der Waals surface area contributed by atoms with Crippen LogP contribution in [-0.4, -0.2) is 18.3 Å². The molecule has 2 atom stereocenters. The summed E-state index contributed by atoms with van der Waals surface area (Å²) in [5, 5.41) is 10.1. The number of hydrogen-bond acceptors (Lipinski definition) is 3. The van der Waals surface area contributed by atoms with E-state index in [0.717, 1.165) is 29.9 Å². The zero-order chi connectivity index (χ0) is 11.8. The minimum Gasteiger partial charge on any atom is -0.489 e. The molecule has 1 aromatic rings. The molecular weight excluding hydrogens is 216 g/mol. The molecule has 17 heavy (non-hydrogen) atoms. The van der Waals surface area contributed by atoms with Gasteiger partial charge >= 0.3 is 0 Å². The van der Waals surface area contributed by atoms with Crippen molar-refractivity contribution < 1.29 is 14.6 Å². The van der Waals surface area contributed by atoms with E-state index in [4.69, 9.17) is 9.47 Å². The monoisotopic (exact) mass is 234 g/mol. The smallest absolute Gasteiger partial charge is 0.161 e. The molecule has 92 valence electrons. The first kappa shape index (κ1) is 10.9. The molecule has 3 heteroatoms. The Morgan fingerprint density at radius 2 is 1.88 bits per heavy atom. The van der Waals surface area contributed by atoms with Gasteiger partial charge in [0, 0.05) is 5.92 Å². The quantitative estimate of drug-likeness (QED) is 0.854. The van der Waals surface area contributed by atoms with Crippen molar-refractivity contribution >= 4 is 0 Å². The third kappa shape index (κ3) is 2.25. The van der Waals surface area contributed by atoms with Crippen LogP contribution < -0.4 is 9.47 Å². The lowest BCUT2D eigenvalue weighted by atomic mass is 10.1. The number of fused-ring (bicyclic) bond motifs is 1. The zero-order valence-electron chi connectivity index (χ0n) is 10.1. The minimum atomic E-state index is -0.343. The maximum Gasteiger partial charge on any atom is 0.161 e. The van der Waals surface area contributed by atoms with Gasteiger partial charge in [-0.1, -0.05) is 13.0 Å². The van der Waals surface area contributed by atoms with Gasteiger partial charge in [-0.3, -0.25) is 0 Å². The SMILES string of the molecule is CC1COc2ccc(C(O)C3CC3)cc2OC1. The van der Waals surface area contributed by atoms with Crippen LogP contribution in [0.15, 0.2) is 18.2 Å².